The standard InChI is InChI=1S/C34H40N8O3/c1-3-4-21-41(2)32(44)28-11-8-12-29(22-28)35-34(45)42(30-19-17-26(18-20-30)25-9-6-5-7-10-25)23-24-13-15-27(16-14-24)31(43)36-33-37-39-40-38-33/h8,11-20,22,25H,3-7,9-10,21,23H2,1-2H3,(H,35,45)(H2,36,37,38,39,40,43). The number of carbonyl (C=O) groups excluding carboxylic acids is 3. The third-order valence-corrected chi connectivity index (χ3v) is 8.21. The third kappa shape index (κ3) is 8.31. The molecule has 45 heavy (non-hydrogen) atoms. The van der Waals surface area contributed by atoms with Crippen LogP contribution in [0, 0.1) is 0 Å². The van der Waals surface area contributed by atoms with Crippen molar-refractivity contribution in [3.8, 4) is 0 Å². The van der Waals surface area contributed by atoms with Gasteiger partial charge in [-0.2, -0.15) is 5.21 Å². The number of hydrogen-bond acceptors (Lipinski definition) is 6. The van der Waals surface area contributed by atoms with Gasteiger partial charge in [0.1, 0.15) is 0 Å². The number of tetrazole rings is 1. The average molecular weight is 609 g/mol. The van der Waals surface area contributed by atoms with E-state index in [0.29, 0.717) is 29.3 Å². The summed E-state index contributed by atoms with van der Waals surface area (Å²) in [5.41, 5.74) is 4.35. The fourth-order valence-electron chi connectivity index (χ4n) is 5.61. The molecule has 0 bridgehead atoms. The molecule has 5 rings (SSSR count). The maximum atomic E-state index is 13.8. The molecule has 1 fully saturated rings. The van der Waals surface area contributed by atoms with E-state index in [0.717, 1.165) is 24.1 Å². The molecule has 3 N–H and O–H groups in total. The molecule has 0 radical (unpaired) electrons. The normalized spacial score (nSPS) is 13.2. The van der Waals surface area contributed by atoms with Crippen molar-refractivity contribution in [1.29, 1.82) is 0 Å². The molecule has 234 valence electrons. The number of aromatic amines is 1. The number of unbranched alkanes of at least 4 members (excludes halogenated alkanes) is 1. The summed E-state index contributed by atoms with van der Waals surface area (Å²) >= 11 is 0. The van der Waals surface area contributed by atoms with Crippen molar-refractivity contribution in [2.45, 2.75) is 64.3 Å². The molecule has 4 amide bonds. The zero-order valence-corrected chi connectivity index (χ0v) is 25.8. The molecule has 0 unspecified atom stereocenters. The number of anilines is 3. The quantitative estimate of drug-likeness (QED) is 0.175. The van der Waals surface area contributed by atoms with Crippen molar-refractivity contribution in [2.24, 2.45) is 0 Å². The van der Waals surface area contributed by atoms with Gasteiger partial charge in [-0.1, -0.05) is 68.0 Å². The summed E-state index contributed by atoms with van der Waals surface area (Å²) in [5, 5.41) is 18.8. The van der Waals surface area contributed by atoms with E-state index in [9.17, 15) is 14.4 Å². The molecule has 1 aliphatic carbocycles. The SMILES string of the molecule is CCCCN(C)C(=O)c1cccc(NC(=O)N(Cc2ccc(C(=O)Nc3nn[nH]n3)cc2)c2ccc(C3CCCCC3)cc2)c1. The second-order valence-corrected chi connectivity index (χ2v) is 11.5. The lowest BCUT2D eigenvalue weighted by atomic mass is 9.84. The van der Waals surface area contributed by atoms with Gasteiger partial charge in [0.15, 0.2) is 0 Å². The molecule has 1 aliphatic rings. The number of rotatable bonds is 11. The number of aromatic nitrogens is 4. The summed E-state index contributed by atoms with van der Waals surface area (Å²) in [4.78, 5) is 42.8. The lowest BCUT2D eigenvalue weighted by Crippen LogP contribution is -2.34. The summed E-state index contributed by atoms with van der Waals surface area (Å²) in [6, 6.07) is 22.0. The van der Waals surface area contributed by atoms with Crippen molar-refractivity contribution in [1.82, 2.24) is 25.5 Å². The van der Waals surface area contributed by atoms with Gasteiger partial charge < -0.3 is 10.2 Å². The summed E-state index contributed by atoms with van der Waals surface area (Å²) in [5.74, 6) is 0.183. The number of carbonyl (C=O) groups is 3. The Bertz CT molecular complexity index is 1570. The number of benzene rings is 3. The first kappa shape index (κ1) is 31.4. The molecule has 0 atom stereocenters. The molecule has 1 saturated carbocycles. The molecule has 1 heterocycles. The third-order valence-electron chi connectivity index (χ3n) is 8.21. The predicted octanol–water partition coefficient (Wildman–Crippen LogP) is 6.61. The van der Waals surface area contributed by atoms with E-state index in [4.69, 9.17) is 0 Å². The Morgan fingerprint density at radius 1 is 0.911 bits per heavy atom. The zero-order chi connectivity index (χ0) is 31.6. The smallest absolute Gasteiger partial charge is 0.326 e. The van der Waals surface area contributed by atoms with Crippen molar-refractivity contribution in [3.63, 3.8) is 0 Å². The number of nitrogens with zero attached hydrogens (tertiary/aromatic N) is 5. The van der Waals surface area contributed by atoms with Crippen LogP contribution in [-0.4, -0.2) is 57.0 Å². The largest absolute Gasteiger partial charge is 0.342 e. The number of amides is 4. The van der Waals surface area contributed by atoms with Crippen LogP contribution in [0.4, 0.5) is 22.1 Å². The minimum atomic E-state index is -0.370. The van der Waals surface area contributed by atoms with E-state index >= 15 is 0 Å². The first-order valence-electron chi connectivity index (χ1n) is 15.6. The zero-order valence-electron chi connectivity index (χ0n) is 25.8. The lowest BCUT2D eigenvalue weighted by molar-refractivity contribution is 0.0793. The van der Waals surface area contributed by atoms with E-state index in [1.807, 2.05) is 24.3 Å². The second kappa shape index (κ2) is 15.1. The van der Waals surface area contributed by atoms with E-state index in [1.54, 1.807) is 53.2 Å². The van der Waals surface area contributed by atoms with Gasteiger partial charge in [-0.25, -0.2) is 4.79 Å². The van der Waals surface area contributed by atoms with Crippen LogP contribution in [0.1, 0.15) is 89.6 Å². The van der Waals surface area contributed by atoms with Crippen LogP contribution in [0.2, 0.25) is 0 Å². The minimum Gasteiger partial charge on any atom is -0.342 e. The number of H-pyrrole nitrogens is 1. The van der Waals surface area contributed by atoms with E-state index < -0.39 is 0 Å². The predicted molar refractivity (Wildman–Crippen MR) is 174 cm³/mol. The number of hydrogen-bond donors (Lipinski definition) is 3. The highest BCUT2D eigenvalue weighted by atomic mass is 16.2. The fraction of sp³-hybridized carbons (Fsp3) is 0.353. The van der Waals surface area contributed by atoms with Crippen LogP contribution >= 0.6 is 0 Å². The summed E-state index contributed by atoms with van der Waals surface area (Å²) in [6.07, 6.45) is 8.11. The topological polar surface area (TPSA) is 136 Å². The Morgan fingerprint density at radius 2 is 1.67 bits per heavy atom. The molecular weight excluding hydrogens is 568 g/mol. The maximum absolute atomic E-state index is 13.8. The monoisotopic (exact) mass is 608 g/mol. The van der Waals surface area contributed by atoms with Crippen molar-refractivity contribution in [2.75, 3.05) is 29.1 Å². The Kier molecular flexibility index (Phi) is 10.5. The van der Waals surface area contributed by atoms with Gasteiger partial charge in [-0.05, 0) is 84.0 Å². The highest BCUT2D eigenvalue weighted by molar-refractivity contribution is 6.04. The fourth-order valence-corrected chi connectivity index (χ4v) is 5.61. The van der Waals surface area contributed by atoms with Gasteiger partial charge in [0.25, 0.3) is 17.8 Å². The molecule has 0 aliphatic heterocycles. The molecule has 11 heteroatoms. The van der Waals surface area contributed by atoms with Crippen molar-refractivity contribution in [3.05, 3.63) is 95.1 Å². The first-order chi connectivity index (χ1) is 21.9. The van der Waals surface area contributed by atoms with Gasteiger partial charge >= 0.3 is 6.03 Å². The Labute approximate surface area is 263 Å². The van der Waals surface area contributed by atoms with E-state index in [1.165, 1.54) is 37.7 Å². The molecule has 3 aromatic carbocycles. The van der Waals surface area contributed by atoms with Crippen LogP contribution in [0.3, 0.4) is 0 Å². The van der Waals surface area contributed by atoms with Crippen LogP contribution in [-0.2, 0) is 6.54 Å². The Hall–Kier alpha value is -5.06. The second-order valence-electron chi connectivity index (χ2n) is 11.5. The highest BCUT2D eigenvalue weighted by Gasteiger charge is 2.21. The Morgan fingerprint density at radius 3 is 2.36 bits per heavy atom. The lowest BCUT2D eigenvalue weighted by Gasteiger charge is -2.26. The maximum Gasteiger partial charge on any atom is 0.326 e. The van der Waals surface area contributed by atoms with Gasteiger partial charge in [-0.3, -0.25) is 19.8 Å². The molecular formula is C34H40N8O3. The van der Waals surface area contributed by atoms with Gasteiger partial charge in [0, 0.05) is 36.1 Å². The van der Waals surface area contributed by atoms with Crippen molar-refractivity contribution >= 4 is 35.2 Å². The summed E-state index contributed by atoms with van der Waals surface area (Å²) < 4.78 is 0. The summed E-state index contributed by atoms with van der Waals surface area (Å²) in [7, 11) is 1.79. The van der Waals surface area contributed by atoms with E-state index in [2.05, 4.69) is 50.3 Å². The highest BCUT2D eigenvalue weighted by Crippen LogP contribution is 2.33. The molecule has 0 saturated heterocycles. The van der Waals surface area contributed by atoms with Gasteiger partial charge in [-0.15, -0.1) is 5.10 Å². The number of urea groups is 1. The molecule has 0 spiro atoms. The average Bonchev–Trinajstić information content (AvgIpc) is 3.59. The number of nitrogens with one attached hydrogen (secondary N) is 3. The van der Waals surface area contributed by atoms with Gasteiger partial charge in [0.2, 0.25) is 0 Å². The van der Waals surface area contributed by atoms with Crippen molar-refractivity contribution < 1.29 is 14.4 Å². The molecule has 11 nitrogen and oxygen atoms in total. The van der Waals surface area contributed by atoms with Crippen LogP contribution in [0.15, 0.2) is 72.8 Å². The van der Waals surface area contributed by atoms with E-state index in [-0.39, 0.29) is 30.3 Å². The van der Waals surface area contributed by atoms with Crippen LogP contribution in [0.25, 0.3) is 0 Å². The molecule has 4 aromatic rings. The first-order valence-corrected chi connectivity index (χ1v) is 15.6. The van der Waals surface area contributed by atoms with Gasteiger partial charge in [0.05, 0.1) is 6.54 Å². The summed E-state index contributed by atoms with van der Waals surface area (Å²) in [6.45, 7) is 3.03. The van der Waals surface area contributed by atoms with Crippen LogP contribution in [0.5, 0.6) is 0 Å². The molecule has 1 aromatic heterocycles. The minimum absolute atomic E-state index is 0.0850. The Balaban J connectivity index is 1.34. The van der Waals surface area contributed by atoms with Crippen LogP contribution < -0.4 is 15.5 Å².